The molecule has 4 heterocycles. The number of nitriles is 1. The molecule has 0 aliphatic carbocycles. The predicted molar refractivity (Wildman–Crippen MR) is 123 cm³/mol. The average Bonchev–Trinajstić information content (AvgIpc) is 3.42. The molecule has 3 aromatic rings. The number of nitrogens with zero attached hydrogens (tertiary/aromatic N) is 8. The second-order valence-electron chi connectivity index (χ2n) is 8.55. The molecule has 1 aliphatic heterocycles. The first-order chi connectivity index (χ1) is 15.7. The molecule has 1 aliphatic rings. The van der Waals surface area contributed by atoms with Gasteiger partial charge in [-0.1, -0.05) is 0 Å². The summed E-state index contributed by atoms with van der Waals surface area (Å²) in [5, 5.41) is 21.3. The summed E-state index contributed by atoms with van der Waals surface area (Å²) in [7, 11) is -3.30. The second kappa shape index (κ2) is 8.57. The van der Waals surface area contributed by atoms with Crippen molar-refractivity contribution in [3.8, 4) is 17.3 Å². The van der Waals surface area contributed by atoms with Gasteiger partial charge in [-0.3, -0.25) is 9.36 Å². The number of hydrogen-bond acceptors (Lipinski definition) is 8. The lowest BCUT2D eigenvalue weighted by Gasteiger charge is -2.47. The van der Waals surface area contributed by atoms with Gasteiger partial charge in [0.25, 0.3) is 0 Å². The monoisotopic (exact) mass is 469 g/mol. The van der Waals surface area contributed by atoms with E-state index in [4.69, 9.17) is 0 Å². The van der Waals surface area contributed by atoms with E-state index in [1.807, 2.05) is 37.8 Å². The number of aromatic nitrogens is 6. The normalized spacial score (nSPS) is 15.9. The van der Waals surface area contributed by atoms with E-state index in [9.17, 15) is 13.7 Å². The van der Waals surface area contributed by atoms with E-state index in [1.165, 1.54) is 4.31 Å². The molecule has 0 aromatic carbocycles. The topological polar surface area (TPSA) is 135 Å². The van der Waals surface area contributed by atoms with E-state index in [0.717, 1.165) is 16.8 Å². The summed E-state index contributed by atoms with van der Waals surface area (Å²) in [6, 6.07) is 2.43. The van der Waals surface area contributed by atoms with Crippen molar-refractivity contribution in [1.82, 2.24) is 33.8 Å². The van der Waals surface area contributed by atoms with Crippen LogP contribution in [0.4, 0.5) is 11.6 Å². The van der Waals surface area contributed by atoms with Gasteiger partial charge in [-0.25, -0.2) is 18.4 Å². The van der Waals surface area contributed by atoms with Gasteiger partial charge in [-0.15, -0.1) is 0 Å². The Balaban J connectivity index is 1.59. The summed E-state index contributed by atoms with van der Waals surface area (Å²) >= 11 is 0. The molecular weight excluding hydrogens is 442 g/mol. The molecule has 1 saturated heterocycles. The number of sulfonamides is 1. The van der Waals surface area contributed by atoms with Crippen LogP contribution >= 0.6 is 0 Å². The van der Waals surface area contributed by atoms with E-state index in [2.05, 4.69) is 31.6 Å². The maximum Gasteiger partial charge on any atom is 0.227 e. The average molecular weight is 470 g/mol. The van der Waals surface area contributed by atoms with E-state index < -0.39 is 15.6 Å². The number of nitrogens with one attached hydrogen (secondary N) is 1. The molecule has 11 nitrogen and oxygen atoms in total. The van der Waals surface area contributed by atoms with Gasteiger partial charge in [-0.05, 0) is 33.3 Å². The van der Waals surface area contributed by atoms with Gasteiger partial charge in [0.1, 0.15) is 5.54 Å². The maximum absolute atomic E-state index is 12.2. The van der Waals surface area contributed by atoms with Gasteiger partial charge in [0.15, 0.2) is 0 Å². The third-order valence-electron chi connectivity index (χ3n) is 5.81. The van der Waals surface area contributed by atoms with Crippen molar-refractivity contribution in [2.45, 2.75) is 45.7 Å². The van der Waals surface area contributed by atoms with Gasteiger partial charge in [-0.2, -0.15) is 19.8 Å². The van der Waals surface area contributed by atoms with Crippen molar-refractivity contribution in [3.63, 3.8) is 0 Å². The largest absolute Gasteiger partial charge is 0.321 e. The van der Waals surface area contributed by atoms with Crippen molar-refractivity contribution in [3.05, 3.63) is 36.5 Å². The second-order valence-corrected chi connectivity index (χ2v) is 10.8. The minimum Gasteiger partial charge on any atom is -0.321 e. The van der Waals surface area contributed by atoms with E-state index in [-0.39, 0.29) is 31.3 Å². The van der Waals surface area contributed by atoms with E-state index in [1.54, 1.807) is 30.2 Å². The molecule has 0 spiro atoms. The van der Waals surface area contributed by atoms with Crippen LogP contribution < -0.4 is 5.32 Å². The number of rotatable bonds is 8. The molecule has 33 heavy (non-hydrogen) atoms. The Bertz CT molecular complexity index is 1300. The fourth-order valence-corrected chi connectivity index (χ4v) is 5.03. The first-order valence-electron chi connectivity index (χ1n) is 10.7. The molecule has 0 amide bonds. The van der Waals surface area contributed by atoms with Crippen molar-refractivity contribution < 1.29 is 8.42 Å². The lowest BCUT2D eigenvalue weighted by Crippen LogP contribution is -2.64. The van der Waals surface area contributed by atoms with Gasteiger partial charge in [0, 0.05) is 43.3 Å². The van der Waals surface area contributed by atoms with Crippen LogP contribution in [0.25, 0.3) is 11.3 Å². The Morgan fingerprint density at radius 2 is 1.97 bits per heavy atom. The summed E-state index contributed by atoms with van der Waals surface area (Å²) in [5.74, 6) is 0.466. The zero-order chi connectivity index (χ0) is 23.8. The predicted octanol–water partition coefficient (Wildman–Crippen LogP) is 2.44. The Kier molecular flexibility index (Phi) is 5.94. The third-order valence-corrected chi connectivity index (χ3v) is 7.58. The highest BCUT2D eigenvalue weighted by Gasteiger charge is 2.49. The van der Waals surface area contributed by atoms with E-state index in [0.29, 0.717) is 11.6 Å². The number of hydrogen-bond donors (Lipinski definition) is 1. The zero-order valence-corrected chi connectivity index (χ0v) is 19.9. The summed E-state index contributed by atoms with van der Waals surface area (Å²) in [6.45, 7) is 8.08. The first kappa shape index (κ1) is 22.9. The van der Waals surface area contributed by atoms with Crippen molar-refractivity contribution in [1.29, 1.82) is 5.26 Å². The van der Waals surface area contributed by atoms with Crippen LogP contribution in [0.5, 0.6) is 0 Å². The molecule has 4 rings (SSSR count). The molecule has 0 atom stereocenters. The van der Waals surface area contributed by atoms with E-state index >= 15 is 0 Å². The van der Waals surface area contributed by atoms with Crippen molar-refractivity contribution in [2.24, 2.45) is 0 Å². The highest BCUT2D eigenvalue weighted by molar-refractivity contribution is 7.89. The fourth-order valence-electron chi connectivity index (χ4n) is 3.79. The van der Waals surface area contributed by atoms with Crippen LogP contribution in [0.2, 0.25) is 0 Å². The zero-order valence-electron chi connectivity index (χ0n) is 19.1. The molecule has 174 valence electrons. The molecule has 0 unspecified atom stereocenters. The number of anilines is 2. The lowest BCUT2D eigenvalue weighted by atomic mass is 9.89. The minimum atomic E-state index is -3.30. The van der Waals surface area contributed by atoms with Crippen LogP contribution in [-0.2, 0) is 15.6 Å². The Morgan fingerprint density at radius 3 is 2.61 bits per heavy atom. The molecule has 12 heteroatoms. The molecular formula is C21H27N9O2S. The Labute approximate surface area is 193 Å². The molecule has 0 bridgehead atoms. The molecule has 0 saturated carbocycles. The van der Waals surface area contributed by atoms with Gasteiger partial charge < -0.3 is 5.32 Å². The van der Waals surface area contributed by atoms with Gasteiger partial charge in [0.05, 0.1) is 42.0 Å². The highest BCUT2D eigenvalue weighted by Crippen LogP contribution is 2.35. The Hall–Kier alpha value is -3.30. The third kappa shape index (κ3) is 4.34. The molecule has 0 radical (unpaired) electrons. The maximum atomic E-state index is 12.2. The van der Waals surface area contributed by atoms with Crippen molar-refractivity contribution >= 4 is 21.7 Å². The van der Waals surface area contributed by atoms with Crippen LogP contribution in [0.1, 0.15) is 38.8 Å². The minimum absolute atomic E-state index is 0.0337. The molecule has 1 N–H and O–H groups in total. The fraction of sp³-hybridized carbons (Fsp3) is 0.476. The van der Waals surface area contributed by atoms with Crippen LogP contribution in [-0.4, -0.2) is 61.1 Å². The lowest BCUT2D eigenvalue weighted by molar-refractivity contribution is 0.0719. The SMILES string of the molecule is CCS(=O)(=O)N1CC(CC#N)(n2cc(-c3nc(Nc4cnn(C(C)C)c4)ncc3C)cn2)C1. The first-order valence-corrected chi connectivity index (χ1v) is 12.3. The summed E-state index contributed by atoms with van der Waals surface area (Å²) in [4.78, 5) is 9.03. The Morgan fingerprint density at radius 1 is 1.21 bits per heavy atom. The summed E-state index contributed by atoms with van der Waals surface area (Å²) in [6.07, 6.45) is 9.02. The van der Waals surface area contributed by atoms with Crippen LogP contribution in [0, 0.1) is 18.3 Å². The number of aryl methyl sites for hydroxylation is 1. The highest BCUT2D eigenvalue weighted by atomic mass is 32.2. The van der Waals surface area contributed by atoms with Gasteiger partial charge in [0.2, 0.25) is 16.0 Å². The standard InChI is InChI=1S/C21H27N9O2S/c1-5-33(31,32)28-13-21(14-28,6-7-22)30-11-17(9-25-30)19-16(4)8-23-20(27-19)26-18-10-24-29(12-18)15(2)3/h8-12,15H,5-6,13-14H2,1-4H3,(H,23,26,27). The summed E-state index contributed by atoms with van der Waals surface area (Å²) < 4.78 is 29.3. The summed E-state index contributed by atoms with van der Waals surface area (Å²) in [5.41, 5.74) is 2.46. The van der Waals surface area contributed by atoms with Gasteiger partial charge >= 0.3 is 0 Å². The van der Waals surface area contributed by atoms with Crippen molar-refractivity contribution in [2.75, 3.05) is 24.2 Å². The van der Waals surface area contributed by atoms with Crippen LogP contribution in [0.15, 0.2) is 31.0 Å². The quantitative estimate of drug-likeness (QED) is 0.531. The smallest absolute Gasteiger partial charge is 0.227 e. The molecule has 3 aromatic heterocycles. The van der Waals surface area contributed by atoms with Crippen LogP contribution in [0.3, 0.4) is 0 Å². The molecule has 1 fully saturated rings.